The van der Waals surface area contributed by atoms with Crippen molar-refractivity contribution in [2.24, 2.45) is 0 Å². The highest BCUT2D eigenvalue weighted by atomic mass is 19.4. The summed E-state index contributed by atoms with van der Waals surface area (Å²) < 4.78 is 182. The summed E-state index contributed by atoms with van der Waals surface area (Å²) >= 11 is 0. The monoisotopic (exact) mass is 412 g/mol. The summed E-state index contributed by atoms with van der Waals surface area (Å²) in [5.41, 5.74) is 0. The Morgan fingerprint density at radius 1 is 0.600 bits per heavy atom. The van der Waals surface area contributed by atoms with Gasteiger partial charge in [-0.15, -0.1) is 0 Å². The van der Waals surface area contributed by atoms with Gasteiger partial charge in [-0.25, -0.2) is 0 Å². The minimum absolute atomic E-state index is 0.400. The molecule has 0 heterocycles. The van der Waals surface area contributed by atoms with Crippen LogP contribution in [-0.4, -0.2) is 56.0 Å². The van der Waals surface area contributed by atoms with E-state index in [4.69, 9.17) is 0 Å². The molecule has 2 nitrogen and oxygen atoms in total. The molecule has 0 fully saturated rings. The summed E-state index contributed by atoms with van der Waals surface area (Å²) in [5, 5.41) is 0. The maximum Gasteiger partial charge on any atom is 0.459 e. The number of halogens is 14. The molecule has 0 saturated heterocycles. The van der Waals surface area contributed by atoms with Crippen LogP contribution in [0.2, 0.25) is 0 Å². The first kappa shape index (κ1) is 23.9. The Labute approximate surface area is 128 Å². The van der Waals surface area contributed by atoms with Crippen LogP contribution in [0.4, 0.5) is 61.5 Å². The van der Waals surface area contributed by atoms with Gasteiger partial charge >= 0.3 is 36.0 Å². The van der Waals surface area contributed by atoms with Crippen molar-refractivity contribution >= 4 is 0 Å². The third-order valence-electron chi connectivity index (χ3n) is 2.56. The van der Waals surface area contributed by atoms with Crippen molar-refractivity contribution in [1.82, 2.24) is 0 Å². The fraction of sp³-hybridized carbons (Fsp3) is 1.00. The molecule has 0 amide bonds. The topological polar surface area (TPSA) is 18.5 Å². The van der Waals surface area contributed by atoms with E-state index in [1.54, 1.807) is 0 Å². The maximum atomic E-state index is 13.3. The van der Waals surface area contributed by atoms with E-state index < -0.39 is 48.9 Å². The average molecular weight is 412 g/mol. The van der Waals surface area contributed by atoms with Crippen molar-refractivity contribution in [3.05, 3.63) is 0 Å². The second-order valence-corrected chi connectivity index (χ2v) is 4.34. The minimum atomic E-state index is -7.44. The molecule has 0 radical (unpaired) electrons. The molecule has 0 saturated carbocycles. The third-order valence-corrected chi connectivity index (χ3v) is 2.56. The lowest BCUT2D eigenvalue weighted by molar-refractivity contribution is -0.428. The third kappa shape index (κ3) is 3.88. The summed E-state index contributed by atoms with van der Waals surface area (Å²) in [6.07, 6.45) is -20.1. The van der Waals surface area contributed by atoms with Gasteiger partial charge in [0, 0.05) is 7.11 Å². The van der Waals surface area contributed by atoms with E-state index in [0.29, 0.717) is 7.11 Å². The molecule has 0 aromatic heterocycles. The van der Waals surface area contributed by atoms with E-state index in [9.17, 15) is 61.5 Å². The van der Waals surface area contributed by atoms with Crippen LogP contribution in [0.3, 0.4) is 0 Å². The van der Waals surface area contributed by atoms with Crippen molar-refractivity contribution in [3.63, 3.8) is 0 Å². The molecule has 0 spiro atoms. The zero-order chi connectivity index (χ0) is 20.7. The fourth-order valence-corrected chi connectivity index (χ4v) is 1.28. The fourth-order valence-electron chi connectivity index (χ4n) is 1.28. The Morgan fingerprint density at radius 3 is 1.08 bits per heavy atom. The van der Waals surface area contributed by atoms with Gasteiger partial charge in [-0.2, -0.15) is 61.5 Å². The number of ether oxygens (including phenoxy) is 2. The van der Waals surface area contributed by atoms with Gasteiger partial charge in [-0.05, 0) is 0 Å². The van der Waals surface area contributed by atoms with Crippen LogP contribution in [-0.2, 0) is 9.47 Å². The van der Waals surface area contributed by atoms with Crippen molar-refractivity contribution < 1.29 is 70.9 Å². The van der Waals surface area contributed by atoms with Crippen LogP contribution < -0.4 is 0 Å². The number of hydrogen-bond acceptors (Lipinski definition) is 2. The van der Waals surface area contributed by atoms with Crippen LogP contribution >= 0.6 is 0 Å². The van der Waals surface area contributed by atoms with Crippen LogP contribution in [0.1, 0.15) is 0 Å². The highest BCUT2D eigenvalue weighted by Crippen LogP contribution is 2.56. The summed E-state index contributed by atoms with van der Waals surface area (Å²) in [6.45, 7) is -2.03. The first-order chi connectivity index (χ1) is 10.7. The second kappa shape index (κ2) is 6.59. The van der Waals surface area contributed by atoms with E-state index in [0.717, 1.165) is 0 Å². The normalized spacial score (nSPS) is 15.8. The lowest BCUT2D eigenvalue weighted by Crippen LogP contribution is -2.69. The van der Waals surface area contributed by atoms with Crippen LogP contribution in [0.5, 0.6) is 0 Å². The summed E-state index contributed by atoms with van der Waals surface area (Å²) in [4.78, 5) is 0. The minimum Gasteiger partial charge on any atom is -0.359 e. The predicted molar refractivity (Wildman–Crippen MR) is 48.6 cm³/mol. The molecule has 0 bridgehead atoms. The van der Waals surface area contributed by atoms with Gasteiger partial charge < -0.3 is 9.47 Å². The molecule has 16 heteroatoms. The van der Waals surface area contributed by atoms with Gasteiger partial charge in [0.25, 0.3) is 0 Å². The van der Waals surface area contributed by atoms with Crippen LogP contribution in [0.25, 0.3) is 0 Å². The van der Waals surface area contributed by atoms with Crippen molar-refractivity contribution in [2.45, 2.75) is 42.1 Å². The van der Waals surface area contributed by atoms with Crippen molar-refractivity contribution in [1.29, 1.82) is 0 Å². The Hall–Kier alpha value is -1.06. The van der Waals surface area contributed by atoms with Crippen LogP contribution in [0.15, 0.2) is 0 Å². The smallest absolute Gasteiger partial charge is 0.359 e. The molecule has 0 unspecified atom stereocenters. The SMILES string of the molecule is COCOC(C(F)(F)C(F)(F)C(F)(F)F)C(F)(F)C(F)(F)C(F)(F)F. The molecule has 0 N–H and O–H groups in total. The number of rotatable bonds is 7. The molecule has 0 rings (SSSR count). The largest absolute Gasteiger partial charge is 0.459 e. The standard InChI is InChI=1S/C9H6F14O2/c1-24-2-25-3(4(10,11)6(14,15)8(18,19)20)5(12,13)7(16,17)9(21,22)23/h3H,2H2,1H3. The molecule has 0 aromatic carbocycles. The summed E-state index contributed by atoms with van der Waals surface area (Å²) in [7, 11) is 0.400. The molecular weight excluding hydrogens is 406 g/mol. The Morgan fingerprint density at radius 2 is 0.880 bits per heavy atom. The molecule has 25 heavy (non-hydrogen) atoms. The van der Waals surface area contributed by atoms with Crippen LogP contribution in [0, 0.1) is 0 Å². The van der Waals surface area contributed by atoms with E-state index >= 15 is 0 Å². The number of methoxy groups -OCH3 is 1. The van der Waals surface area contributed by atoms with E-state index in [-0.39, 0.29) is 0 Å². The first-order valence-electron chi connectivity index (χ1n) is 5.44. The van der Waals surface area contributed by atoms with Gasteiger partial charge in [0.15, 0.2) is 0 Å². The summed E-state index contributed by atoms with van der Waals surface area (Å²) in [6, 6.07) is 0. The summed E-state index contributed by atoms with van der Waals surface area (Å²) in [5.74, 6) is -29.4. The zero-order valence-electron chi connectivity index (χ0n) is 11.4. The highest BCUT2D eigenvalue weighted by molar-refractivity contribution is 5.07. The second-order valence-electron chi connectivity index (χ2n) is 4.34. The Kier molecular flexibility index (Phi) is 6.31. The van der Waals surface area contributed by atoms with Crippen molar-refractivity contribution in [2.75, 3.05) is 13.9 Å². The molecule has 0 aromatic rings. The van der Waals surface area contributed by atoms with Gasteiger partial charge in [-0.3, -0.25) is 0 Å². The van der Waals surface area contributed by atoms with Gasteiger partial charge in [-0.1, -0.05) is 0 Å². The van der Waals surface area contributed by atoms with E-state index in [1.807, 2.05) is 0 Å². The van der Waals surface area contributed by atoms with Crippen molar-refractivity contribution in [3.8, 4) is 0 Å². The predicted octanol–water partition coefficient (Wildman–Crippen LogP) is 4.64. The van der Waals surface area contributed by atoms with Gasteiger partial charge in [0.2, 0.25) is 6.10 Å². The van der Waals surface area contributed by atoms with E-state index in [1.165, 1.54) is 0 Å². The zero-order valence-corrected chi connectivity index (χ0v) is 11.4. The molecular formula is C9H6F14O2. The lowest BCUT2D eigenvalue weighted by atomic mass is 9.94. The Bertz CT molecular complexity index is 412. The van der Waals surface area contributed by atoms with Gasteiger partial charge in [0.1, 0.15) is 6.79 Å². The lowest BCUT2D eigenvalue weighted by Gasteiger charge is -2.39. The molecule has 0 atom stereocenters. The molecule has 152 valence electrons. The first-order valence-corrected chi connectivity index (χ1v) is 5.44. The average Bonchev–Trinajstić information content (AvgIpc) is 2.35. The molecule has 0 aliphatic rings. The molecule has 0 aliphatic heterocycles. The number of hydrogen-bond donors (Lipinski definition) is 0. The quantitative estimate of drug-likeness (QED) is 0.448. The van der Waals surface area contributed by atoms with Gasteiger partial charge in [0.05, 0.1) is 0 Å². The molecule has 0 aliphatic carbocycles. The maximum absolute atomic E-state index is 13.3. The highest BCUT2D eigenvalue weighted by Gasteiger charge is 2.85. The Balaban J connectivity index is 6.36. The van der Waals surface area contributed by atoms with E-state index in [2.05, 4.69) is 9.47 Å². The number of alkyl halides is 14.